The molecule has 4 nitrogen and oxygen atoms in total. The molecule has 122 valence electrons. The van der Waals surface area contributed by atoms with Crippen molar-refractivity contribution in [1.82, 2.24) is 0 Å². The Morgan fingerprint density at radius 2 is 1.36 bits per heavy atom. The van der Waals surface area contributed by atoms with E-state index in [-0.39, 0.29) is 16.7 Å². The highest BCUT2D eigenvalue weighted by atomic mass is 16.7. The monoisotopic (exact) mass is 330 g/mol. The number of carbonyl (C=O) groups excluding carboxylic acids is 1. The summed E-state index contributed by atoms with van der Waals surface area (Å²) in [6.07, 6.45) is 0. The van der Waals surface area contributed by atoms with Gasteiger partial charge in [-0.15, -0.1) is 0 Å². The van der Waals surface area contributed by atoms with Crippen LogP contribution in [-0.2, 0) is 11.4 Å². The summed E-state index contributed by atoms with van der Waals surface area (Å²) in [6.45, 7) is 0. The number of fused-ring (bicyclic) bond motifs is 5. The second-order valence-corrected chi connectivity index (χ2v) is 6.38. The predicted molar refractivity (Wildman–Crippen MR) is 91.1 cm³/mol. The lowest BCUT2D eigenvalue weighted by molar-refractivity contribution is -0.224. The van der Waals surface area contributed by atoms with E-state index >= 15 is 0 Å². The average molecular weight is 330 g/mol. The number of hydrogen-bond acceptors (Lipinski definition) is 4. The largest absolute Gasteiger partial charge is 0.453 e. The Labute approximate surface area is 143 Å². The molecule has 3 aromatic carbocycles. The number of para-hydroxylation sites is 1. The van der Waals surface area contributed by atoms with Crippen molar-refractivity contribution in [3.8, 4) is 16.9 Å². The number of rotatable bonds is 1. The molecule has 1 aliphatic heterocycles. The predicted octanol–water partition coefficient (Wildman–Crippen LogP) is 2.98. The molecule has 2 aliphatic rings. The molecule has 0 saturated heterocycles. The lowest BCUT2D eigenvalue weighted by Crippen LogP contribution is -2.48. The van der Waals surface area contributed by atoms with Gasteiger partial charge < -0.3 is 14.9 Å². The third-order valence-electron chi connectivity index (χ3n) is 5.10. The molecule has 3 aromatic rings. The molecule has 0 saturated carbocycles. The van der Waals surface area contributed by atoms with Crippen molar-refractivity contribution in [3.05, 3.63) is 89.5 Å². The molecule has 5 rings (SSSR count). The number of Topliss-reactive ketones (excluding diaryl/α,β-unsaturated/α-hetero) is 1. The van der Waals surface area contributed by atoms with Gasteiger partial charge in [0, 0.05) is 22.3 Å². The summed E-state index contributed by atoms with van der Waals surface area (Å²) in [4.78, 5) is 12.9. The zero-order valence-corrected chi connectivity index (χ0v) is 13.1. The first-order valence-corrected chi connectivity index (χ1v) is 8.04. The van der Waals surface area contributed by atoms with Crippen LogP contribution >= 0.6 is 0 Å². The maximum atomic E-state index is 12.9. The molecule has 0 fully saturated rings. The Bertz CT molecular complexity index is 1030. The van der Waals surface area contributed by atoms with Gasteiger partial charge in [0.05, 0.1) is 0 Å². The fourth-order valence-electron chi connectivity index (χ4n) is 3.88. The van der Waals surface area contributed by atoms with Crippen LogP contribution in [0.3, 0.4) is 0 Å². The Balaban J connectivity index is 1.79. The van der Waals surface area contributed by atoms with Crippen molar-refractivity contribution in [2.45, 2.75) is 11.4 Å². The van der Waals surface area contributed by atoms with E-state index < -0.39 is 17.2 Å². The van der Waals surface area contributed by atoms with E-state index in [1.54, 1.807) is 36.4 Å². The highest BCUT2D eigenvalue weighted by molar-refractivity contribution is 6.10. The van der Waals surface area contributed by atoms with Crippen LogP contribution in [0.2, 0.25) is 0 Å². The lowest BCUT2D eigenvalue weighted by Gasteiger charge is -2.28. The van der Waals surface area contributed by atoms with E-state index in [0.717, 1.165) is 11.1 Å². The van der Waals surface area contributed by atoms with Gasteiger partial charge in [0.2, 0.25) is 11.4 Å². The number of hydrogen-bond donors (Lipinski definition) is 2. The molecule has 1 aliphatic carbocycles. The van der Waals surface area contributed by atoms with Crippen molar-refractivity contribution in [2.75, 3.05) is 0 Å². The van der Waals surface area contributed by atoms with Gasteiger partial charge in [-0.25, -0.2) is 0 Å². The second-order valence-electron chi connectivity index (χ2n) is 6.38. The van der Waals surface area contributed by atoms with Gasteiger partial charge >= 0.3 is 0 Å². The van der Waals surface area contributed by atoms with Gasteiger partial charge in [0.1, 0.15) is 5.75 Å². The topological polar surface area (TPSA) is 66.8 Å². The fraction of sp³-hybridized carbons (Fsp3) is 0.0952. The number of ether oxygens (including phenoxy) is 1. The van der Waals surface area contributed by atoms with Gasteiger partial charge in [0.15, 0.2) is 0 Å². The van der Waals surface area contributed by atoms with Gasteiger partial charge in [0.25, 0.3) is 5.79 Å². The summed E-state index contributed by atoms with van der Waals surface area (Å²) in [6, 6.07) is 21.4. The molecule has 0 amide bonds. The van der Waals surface area contributed by atoms with E-state index in [1.165, 1.54) is 0 Å². The Morgan fingerprint density at radius 3 is 2.16 bits per heavy atom. The molecule has 4 heteroatoms. The van der Waals surface area contributed by atoms with E-state index in [4.69, 9.17) is 4.74 Å². The standard InChI is InChI=1S/C21H14O4/c22-19-15-9-4-5-11-16(15)21(24)20(19,23)17-12-6-10-14(18(17)25-21)13-7-2-1-3-8-13/h1-12,23-24H. The molecule has 0 aromatic heterocycles. The molecule has 25 heavy (non-hydrogen) atoms. The molecule has 0 radical (unpaired) electrons. The minimum absolute atomic E-state index is 0.281. The molecule has 0 spiro atoms. The van der Waals surface area contributed by atoms with E-state index in [1.807, 2.05) is 36.4 Å². The van der Waals surface area contributed by atoms with Crippen molar-refractivity contribution in [3.63, 3.8) is 0 Å². The van der Waals surface area contributed by atoms with E-state index in [9.17, 15) is 15.0 Å². The number of carbonyl (C=O) groups is 1. The summed E-state index contributed by atoms with van der Waals surface area (Å²) in [7, 11) is 0. The van der Waals surface area contributed by atoms with Crippen molar-refractivity contribution in [1.29, 1.82) is 0 Å². The maximum absolute atomic E-state index is 12.9. The van der Waals surface area contributed by atoms with Crippen LogP contribution in [0.25, 0.3) is 11.1 Å². The molecular formula is C21H14O4. The van der Waals surface area contributed by atoms with Crippen LogP contribution in [0.5, 0.6) is 5.75 Å². The van der Waals surface area contributed by atoms with E-state index in [2.05, 4.69) is 0 Å². The Hall–Kier alpha value is -2.95. The first-order valence-electron chi connectivity index (χ1n) is 8.04. The Kier molecular flexibility index (Phi) is 2.63. The normalized spacial score (nSPS) is 25.9. The maximum Gasteiger partial charge on any atom is 0.276 e. The van der Waals surface area contributed by atoms with Crippen LogP contribution in [-0.4, -0.2) is 16.0 Å². The van der Waals surface area contributed by atoms with Crippen molar-refractivity contribution >= 4 is 5.78 Å². The zero-order chi connectivity index (χ0) is 17.2. The van der Waals surface area contributed by atoms with Crippen LogP contribution < -0.4 is 4.74 Å². The van der Waals surface area contributed by atoms with Gasteiger partial charge in [-0.05, 0) is 5.56 Å². The van der Waals surface area contributed by atoms with Crippen LogP contribution in [0.1, 0.15) is 21.5 Å². The molecule has 2 unspecified atom stereocenters. The van der Waals surface area contributed by atoms with Crippen molar-refractivity contribution < 1.29 is 19.7 Å². The van der Waals surface area contributed by atoms with Gasteiger partial charge in [-0.2, -0.15) is 0 Å². The SMILES string of the molecule is O=C1c2ccccc2C2(O)Oc3c(-c4ccccc4)cccc3C12O. The average Bonchev–Trinajstić information content (AvgIpc) is 2.99. The minimum atomic E-state index is -2.14. The third kappa shape index (κ3) is 1.56. The molecular weight excluding hydrogens is 316 g/mol. The van der Waals surface area contributed by atoms with Gasteiger partial charge in [-0.3, -0.25) is 4.79 Å². The zero-order valence-electron chi connectivity index (χ0n) is 13.1. The van der Waals surface area contributed by atoms with Gasteiger partial charge in [-0.1, -0.05) is 72.8 Å². The summed E-state index contributed by atoms with van der Waals surface area (Å²) in [5.41, 5.74) is 0.321. The highest BCUT2D eigenvalue weighted by Crippen LogP contribution is 2.59. The first-order chi connectivity index (χ1) is 12.1. The fourth-order valence-corrected chi connectivity index (χ4v) is 3.88. The first kappa shape index (κ1) is 14.4. The lowest BCUT2D eigenvalue weighted by atomic mass is 9.86. The summed E-state index contributed by atoms with van der Waals surface area (Å²) < 4.78 is 5.89. The summed E-state index contributed by atoms with van der Waals surface area (Å²) in [5.74, 6) is -2.33. The summed E-state index contributed by atoms with van der Waals surface area (Å²) >= 11 is 0. The second kappa shape index (κ2) is 4.57. The van der Waals surface area contributed by atoms with Crippen LogP contribution in [0.15, 0.2) is 72.8 Å². The number of aliphatic hydroxyl groups is 2. The number of benzene rings is 3. The van der Waals surface area contributed by atoms with E-state index in [0.29, 0.717) is 5.75 Å². The molecule has 1 heterocycles. The quantitative estimate of drug-likeness (QED) is 0.720. The molecule has 2 N–H and O–H groups in total. The highest BCUT2D eigenvalue weighted by Gasteiger charge is 2.70. The third-order valence-corrected chi connectivity index (χ3v) is 5.10. The number of ketones is 1. The Morgan fingerprint density at radius 1 is 0.720 bits per heavy atom. The minimum Gasteiger partial charge on any atom is -0.453 e. The summed E-state index contributed by atoms with van der Waals surface area (Å²) in [5, 5.41) is 22.5. The van der Waals surface area contributed by atoms with Crippen LogP contribution in [0, 0.1) is 0 Å². The van der Waals surface area contributed by atoms with Crippen LogP contribution in [0.4, 0.5) is 0 Å². The molecule has 0 bridgehead atoms. The van der Waals surface area contributed by atoms with Crippen molar-refractivity contribution in [2.24, 2.45) is 0 Å². The smallest absolute Gasteiger partial charge is 0.276 e. The molecule has 2 atom stereocenters.